The van der Waals surface area contributed by atoms with E-state index in [1.54, 1.807) is 0 Å². The fourth-order valence-electron chi connectivity index (χ4n) is 8.40. The molecule has 0 aliphatic heterocycles. The number of aliphatic hydroxyl groups excluding tert-OH is 1. The maximum atomic E-state index is 11.8. The predicted octanol–water partition coefficient (Wildman–Crippen LogP) is 5.19. The highest BCUT2D eigenvalue weighted by Gasteiger charge is 2.65. The van der Waals surface area contributed by atoms with Crippen molar-refractivity contribution in [1.82, 2.24) is 0 Å². The smallest absolute Gasteiger partial charge is 0.305 e. The first-order valence-electron chi connectivity index (χ1n) is 12.5. The van der Waals surface area contributed by atoms with Gasteiger partial charge in [0.05, 0.1) is 18.3 Å². The Balaban J connectivity index is 1.51. The largest absolute Gasteiger partial charge is 0.466 e. The minimum Gasteiger partial charge on any atom is -0.466 e. The quantitative estimate of drug-likeness (QED) is 0.465. The van der Waals surface area contributed by atoms with E-state index in [9.17, 15) is 15.0 Å². The van der Waals surface area contributed by atoms with Crippen LogP contribution in [0.1, 0.15) is 85.0 Å². The molecule has 3 unspecified atom stereocenters. The van der Waals surface area contributed by atoms with Gasteiger partial charge >= 0.3 is 5.97 Å². The number of hydrogen-bond acceptors (Lipinski definition) is 4. The van der Waals surface area contributed by atoms with Crippen molar-refractivity contribution in [3.8, 4) is 0 Å². The third-order valence-corrected chi connectivity index (χ3v) is 10.5. The number of fused-ring (bicyclic) bond motifs is 5. The molecule has 0 aromatic rings. The van der Waals surface area contributed by atoms with Crippen LogP contribution in [-0.2, 0) is 9.53 Å². The number of ether oxygens (including phenoxy) is 1. The Morgan fingerprint density at radius 2 is 1.84 bits per heavy atom. The summed E-state index contributed by atoms with van der Waals surface area (Å²) in [4.78, 5) is 11.4. The second-order valence-corrected chi connectivity index (χ2v) is 11.4. The second kappa shape index (κ2) is 8.02. The molecule has 0 radical (unpaired) electrons. The molecular formula is C27H42O4. The molecule has 8 atom stereocenters. The maximum Gasteiger partial charge on any atom is 0.305 e. The van der Waals surface area contributed by atoms with Gasteiger partial charge in [0.1, 0.15) is 0 Å². The Bertz CT molecular complexity index is 758. The third-order valence-electron chi connectivity index (χ3n) is 10.5. The lowest BCUT2D eigenvalue weighted by Gasteiger charge is -2.62. The van der Waals surface area contributed by atoms with Crippen LogP contribution in [0.15, 0.2) is 24.3 Å². The van der Waals surface area contributed by atoms with E-state index in [1.807, 2.05) is 6.92 Å². The summed E-state index contributed by atoms with van der Waals surface area (Å²) in [5.74, 6) is 2.02. The van der Waals surface area contributed by atoms with Crippen molar-refractivity contribution in [2.75, 3.05) is 6.61 Å². The molecule has 4 nitrogen and oxygen atoms in total. The first-order chi connectivity index (χ1) is 14.6. The topological polar surface area (TPSA) is 66.8 Å². The van der Waals surface area contributed by atoms with Crippen LogP contribution in [0.25, 0.3) is 0 Å². The molecule has 4 rings (SSSR count). The van der Waals surface area contributed by atoms with Gasteiger partial charge in [0, 0.05) is 6.42 Å². The van der Waals surface area contributed by atoms with Gasteiger partial charge in [-0.25, -0.2) is 0 Å². The van der Waals surface area contributed by atoms with Crippen LogP contribution in [0.3, 0.4) is 0 Å². The molecule has 0 bridgehead atoms. The van der Waals surface area contributed by atoms with Crippen molar-refractivity contribution in [1.29, 1.82) is 0 Å². The van der Waals surface area contributed by atoms with Crippen LogP contribution in [0.5, 0.6) is 0 Å². The van der Waals surface area contributed by atoms with E-state index in [2.05, 4.69) is 27.0 Å². The van der Waals surface area contributed by atoms with E-state index in [4.69, 9.17) is 4.74 Å². The summed E-state index contributed by atoms with van der Waals surface area (Å²) in [6.45, 7) is 15.6. The Labute approximate surface area is 188 Å². The van der Waals surface area contributed by atoms with Crippen molar-refractivity contribution in [3.05, 3.63) is 24.3 Å². The molecular weight excluding hydrogens is 388 g/mol. The van der Waals surface area contributed by atoms with Gasteiger partial charge in [-0.1, -0.05) is 33.9 Å². The number of carbonyl (C=O) groups is 1. The molecule has 31 heavy (non-hydrogen) atoms. The first kappa shape index (κ1) is 23.0. The Hall–Kier alpha value is -1.13. The lowest BCUT2D eigenvalue weighted by Crippen LogP contribution is -2.57. The van der Waals surface area contributed by atoms with Crippen LogP contribution in [0, 0.1) is 34.5 Å². The molecule has 2 N–H and O–H groups in total. The van der Waals surface area contributed by atoms with Crippen LogP contribution in [0.2, 0.25) is 0 Å². The average molecular weight is 431 g/mol. The van der Waals surface area contributed by atoms with Gasteiger partial charge in [-0.3, -0.25) is 4.79 Å². The highest BCUT2D eigenvalue weighted by molar-refractivity contribution is 5.68. The van der Waals surface area contributed by atoms with Gasteiger partial charge in [-0.15, -0.1) is 0 Å². The summed E-state index contributed by atoms with van der Waals surface area (Å²) in [5, 5.41) is 22.3. The monoisotopic (exact) mass is 430 g/mol. The Morgan fingerprint density at radius 1 is 1.13 bits per heavy atom. The maximum absolute atomic E-state index is 11.8. The molecule has 0 amide bonds. The Kier molecular flexibility index (Phi) is 5.96. The Morgan fingerprint density at radius 3 is 2.55 bits per heavy atom. The van der Waals surface area contributed by atoms with Crippen LogP contribution >= 0.6 is 0 Å². The number of carbonyl (C=O) groups excluding carboxylic acids is 1. The fourth-order valence-corrected chi connectivity index (χ4v) is 8.40. The SMILES string of the molecule is C=C1C(=C)[C@@]2(C)C(CC[C@@H]3[C@H]2CC[C@@]2(C)[C@H]3CCC2(O)CCCOC(=O)CC)CC1O. The minimum atomic E-state index is -0.664. The molecule has 0 aromatic heterocycles. The van der Waals surface area contributed by atoms with Crippen molar-refractivity contribution < 1.29 is 19.7 Å². The summed E-state index contributed by atoms with van der Waals surface area (Å²) in [5.41, 5.74) is 1.22. The number of aliphatic hydroxyl groups is 2. The second-order valence-electron chi connectivity index (χ2n) is 11.4. The summed E-state index contributed by atoms with van der Waals surface area (Å²) in [6.07, 6.45) is 8.65. The predicted molar refractivity (Wildman–Crippen MR) is 122 cm³/mol. The van der Waals surface area contributed by atoms with Crippen molar-refractivity contribution in [3.63, 3.8) is 0 Å². The normalized spacial score (nSPS) is 46.8. The molecule has 4 heteroatoms. The molecule has 0 saturated heterocycles. The molecule has 4 aliphatic carbocycles. The van der Waals surface area contributed by atoms with Crippen LogP contribution in [0.4, 0.5) is 0 Å². The average Bonchev–Trinajstić information content (AvgIpc) is 3.02. The summed E-state index contributed by atoms with van der Waals surface area (Å²) in [6, 6.07) is 0. The molecule has 0 aromatic carbocycles. The molecule has 0 spiro atoms. The lowest BCUT2D eigenvalue weighted by atomic mass is 9.43. The zero-order valence-electron chi connectivity index (χ0n) is 19.8. The molecule has 0 heterocycles. The summed E-state index contributed by atoms with van der Waals surface area (Å²) >= 11 is 0. The number of hydrogen-bond donors (Lipinski definition) is 2. The lowest BCUT2D eigenvalue weighted by molar-refractivity contribution is -0.150. The standard InChI is InChI=1S/C27H42O4/c1-6-24(29)31-15-7-12-27(30)14-11-21-20-9-8-19-16-23(28)17(2)18(3)26(19,5)22(20)10-13-25(21,27)4/h19-23,28,30H,2-3,6-16H2,1,4-5H3/t19?,20-,21-,22+,23?,25-,26-,27?/m0/s1. The van der Waals surface area contributed by atoms with E-state index in [0.717, 1.165) is 56.1 Å². The van der Waals surface area contributed by atoms with E-state index >= 15 is 0 Å². The van der Waals surface area contributed by atoms with Crippen molar-refractivity contribution in [2.24, 2.45) is 34.5 Å². The highest BCUT2D eigenvalue weighted by Crippen LogP contribution is 2.69. The summed E-state index contributed by atoms with van der Waals surface area (Å²) in [7, 11) is 0. The van der Waals surface area contributed by atoms with Gasteiger partial charge in [-0.05, 0) is 103 Å². The van der Waals surface area contributed by atoms with Crippen molar-refractivity contribution >= 4 is 5.97 Å². The molecule has 4 aliphatic rings. The minimum absolute atomic E-state index is 0.0234. The van der Waals surface area contributed by atoms with Gasteiger partial charge in [-0.2, -0.15) is 0 Å². The highest BCUT2D eigenvalue weighted by atomic mass is 16.5. The van der Waals surface area contributed by atoms with E-state index < -0.39 is 11.7 Å². The summed E-state index contributed by atoms with van der Waals surface area (Å²) < 4.78 is 5.27. The third kappa shape index (κ3) is 3.35. The van der Waals surface area contributed by atoms with E-state index in [1.165, 1.54) is 6.42 Å². The molecule has 4 fully saturated rings. The zero-order chi connectivity index (χ0) is 22.6. The zero-order valence-corrected chi connectivity index (χ0v) is 19.8. The number of rotatable bonds is 5. The van der Waals surface area contributed by atoms with Gasteiger partial charge in [0.25, 0.3) is 0 Å². The van der Waals surface area contributed by atoms with Gasteiger partial charge < -0.3 is 14.9 Å². The van der Waals surface area contributed by atoms with Gasteiger partial charge in [0.15, 0.2) is 0 Å². The van der Waals surface area contributed by atoms with Crippen LogP contribution in [-0.4, -0.2) is 34.5 Å². The van der Waals surface area contributed by atoms with Gasteiger partial charge in [0.2, 0.25) is 0 Å². The first-order valence-corrected chi connectivity index (χ1v) is 12.5. The van der Waals surface area contributed by atoms with Crippen molar-refractivity contribution in [2.45, 2.75) is 96.7 Å². The van der Waals surface area contributed by atoms with Crippen LogP contribution < -0.4 is 0 Å². The van der Waals surface area contributed by atoms with E-state index in [-0.39, 0.29) is 16.8 Å². The van der Waals surface area contributed by atoms with E-state index in [0.29, 0.717) is 43.1 Å². The fraction of sp³-hybridized carbons (Fsp3) is 0.815. The number of esters is 1. The molecule has 4 saturated carbocycles. The molecule has 174 valence electrons.